The van der Waals surface area contributed by atoms with Gasteiger partial charge in [0, 0.05) is 31.5 Å². The van der Waals surface area contributed by atoms with Gasteiger partial charge in [-0.1, -0.05) is 19.3 Å². The van der Waals surface area contributed by atoms with Gasteiger partial charge in [0.05, 0.1) is 5.69 Å². The van der Waals surface area contributed by atoms with Gasteiger partial charge in [-0.3, -0.25) is 14.6 Å². The van der Waals surface area contributed by atoms with Crippen molar-refractivity contribution in [2.75, 3.05) is 0 Å². The number of fused-ring (bicyclic) bond motifs is 1. The number of nitrogens with zero attached hydrogens (tertiary/aromatic N) is 3. The molecule has 0 atom stereocenters. The average molecular weight is 381 g/mol. The normalized spacial score (nSPS) is 17.0. The second-order valence-electron chi connectivity index (χ2n) is 7.69. The fourth-order valence-electron chi connectivity index (χ4n) is 4.16. The van der Waals surface area contributed by atoms with Crippen LogP contribution in [0.25, 0.3) is 0 Å². The summed E-state index contributed by atoms with van der Waals surface area (Å²) in [5, 5.41) is 6.06. The average Bonchev–Trinajstić information content (AvgIpc) is 3.13. The molecule has 148 valence electrons. The third-order valence-corrected chi connectivity index (χ3v) is 5.68. The van der Waals surface area contributed by atoms with Crippen molar-refractivity contribution in [1.29, 1.82) is 0 Å². The summed E-state index contributed by atoms with van der Waals surface area (Å²) in [6, 6.07) is 3.96. The first kappa shape index (κ1) is 18.7. The Hall–Kier alpha value is -2.70. The van der Waals surface area contributed by atoms with Crippen molar-refractivity contribution in [1.82, 2.24) is 25.2 Å². The Bertz CT molecular complexity index is 840. The number of rotatable bonds is 5. The van der Waals surface area contributed by atoms with Crippen LogP contribution in [0.2, 0.25) is 0 Å². The second-order valence-corrected chi connectivity index (χ2v) is 7.69. The summed E-state index contributed by atoms with van der Waals surface area (Å²) in [6.45, 7) is 1.14. The fraction of sp³-hybridized carbons (Fsp3) is 0.524. The number of hydrogen-bond donors (Lipinski definition) is 2. The SMILES string of the molecule is O=C(NC1CCCCC1)c1nc(C(=O)NCc2ccncc2)n2c1CCCC2. The van der Waals surface area contributed by atoms with Crippen molar-refractivity contribution in [3.63, 3.8) is 0 Å². The number of nitrogens with one attached hydrogen (secondary N) is 2. The van der Waals surface area contributed by atoms with Crippen LogP contribution in [0, 0.1) is 0 Å². The molecule has 2 amide bonds. The largest absolute Gasteiger partial charge is 0.348 e. The van der Waals surface area contributed by atoms with Gasteiger partial charge in [-0.25, -0.2) is 4.98 Å². The predicted molar refractivity (Wildman–Crippen MR) is 105 cm³/mol. The van der Waals surface area contributed by atoms with Gasteiger partial charge in [0.2, 0.25) is 0 Å². The molecular formula is C21H27N5O2. The van der Waals surface area contributed by atoms with E-state index >= 15 is 0 Å². The Kier molecular flexibility index (Phi) is 5.69. The third-order valence-electron chi connectivity index (χ3n) is 5.68. The van der Waals surface area contributed by atoms with Gasteiger partial charge < -0.3 is 15.2 Å². The maximum absolute atomic E-state index is 12.9. The lowest BCUT2D eigenvalue weighted by Gasteiger charge is -2.23. The molecule has 1 saturated carbocycles. The first-order valence-corrected chi connectivity index (χ1v) is 10.3. The highest BCUT2D eigenvalue weighted by atomic mass is 16.2. The van der Waals surface area contributed by atoms with E-state index in [1.54, 1.807) is 12.4 Å². The maximum atomic E-state index is 12.9. The van der Waals surface area contributed by atoms with E-state index in [1.165, 1.54) is 6.42 Å². The summed E-state index contributed by atoms with van der Waals surface area (Å²) in [5.41, 5.74) is 2.30. The fourth-order valence-corrected chi connectivity index (χ4v) is 4.16. The standard InChI is InChI=1S/C21H27N5O2/c27-20(24-16-6-2-1-3-7-16)18-17-8-4-5-13-26(17)19(25-18)21(28)23-14-15-9-11-22-12-10-15/h9-12,16H,1-8,13-14H2,(H,23,28)(H,24,27). The highest BCUT2D eigenvalue weighted by Crippen LogP contribution is 2.23. The van der Waals surface area contributed by atoms with E-state index in [-0.39, 0.29) is 17.9 Å². The zero-order valence-corrected chi connectivity index (χ0v) is 16.1. The van der Waals surface area contributed by atoms with Gasteiger partial charge in [-0.2, -0.15) is 0 Å². The minimum absolute atomic E-state index is 0.134. The molecule has 3 heterocycles. The molecular weight excluding hydrogens is 354 g/mol. The zero-order chi connectivity index (χ0) is 19.3. The molecule has 0 bridgehead atoms. The minimum atomic E-state index is -0.239. The van der Waals surface area contributed by atoms with Crippen molar-refractivity contribution < 1.29 is 9.59 Å². The Balaban J connectivity index is 1.51. The van der Waals surface area contributed by atoms with Gasteiger partial charge in [-0.15, -0.1) is 0 Å². The summed E-state index contributed by atoms with van der Waals surface area (Å²) in [6.07, 6.45) is 11.8. The molecule has 7 nitrogen and oxygen atoms in total. The van der Waals surface area contributed by atoms with E-state index in [9.17, 15) is 9.59 Å². The maximum Gasteiger partial charge on any atom is 0.287 e. The first-order chi connectivity index (χ1) is 13.7. The Morgan fingerprint density at radius 3 is 2.61 bits per heavy atom. The molecule has 2 aliphatic rings. The summed E-state index contributed by atoms with van der Waals surface area (Å²) >= 11 is 0. The van der Waals surface area contributed by atoms with Gasteiger partial charge in [0.1, 0.15) is 5.69 Å². The Morgan fingerprint density at radius 1 is 1.04 bits per heavy atom. The Morgan fingerprint density at radius 2 is 1.82 bits per heavy atom. The van der Waals surface area contributed by atoms with Crippen LogP contribution in [-0.2, 0) is 19.5 Å². The lowest BCUT2D eigenvalue weighted by molar-refractivity contribution is 0.0921. The van der Waals surface area contributed by atoms with Crippen LogP contribution in [0.5, 0.6) is 0 Å². The zero-order valence-electron chi connectivity index (χ0n) is 16.1. The highest BCUT2D eigenvalue weighted by molar-refractivity contribution is 5.97. The number of carbonyl (C=O) groups is 2. The molecule has 0 aromatic carbocycles. The number of amides is 2. The van der Waals surface area contributed by atoms with Crippen molar-refractivity contribution >= 4 is 11.8 Å². The van der Waals surface area contributed by atoms with Crippen LogP contribution < -0.4 is 10.6 Å². The number of pyridine rings is 1. The van der Waals surface area contributed by atoms with Crippen LogP contribution in [0.1, 0.15) is 77.3 Å². The molecule has 4 rings (SSSR count). The molecule has 28 heavy (non-hydrogen) atoms. The first-order valence-electron chi connectivity index (χ1n) is 10.3. The molecule has 0 unspecified atom stereocenters. The van der Waals surface area contributed by atoms with E-state index < -0.39 is 0 Å². The topological polar surface area (TPSA) is 88.9 Å². The molecule has 0 saturated heterocycles. The molecule has 1 aliphatic carbocycles. The van der Waals surface area contributed by atoms with Crippen LogP contribution in [-0.4, -0.2) is 32.4 Å². The van der Waals surface area contributed by atoms with Gasteiger partial charge in [-0.05, 0) is 49.8 Å². The third kappa shape index (κ3) is 4.08. The number of aromatic nitrogens is 3. The molecule has 1 aliphatic heterocycles. The molecule has 0 radical (unpaired) electrons. The van der Waals surface area contributed by atoms with Gasteiger partial charge >= 0.3 is 0 Å². The van der Waals surface area contributed by atoms with Crippen LogP contribution >= 0.6 is 0 Å². The molecule has 7 heteroatoms. The van der Waals surface area contributed by atoms with E-state index in [1.807, 2.05) is 16.7 Å². The molecule has 0 spiro atoms. The highest BCUT2D eigenvalue weighted by Gasteiger charge is 2.28. The smallest absolute Gasteiger partial charge is 0.287 e. The molecule has 2 aromatic rings. The van der Waals surface area contributed by atoms with Crippen LogP contribution in [0.15, 0.2) is 24.5 Å². The lowest BCUT2D eigenvalue weighted by atomic mass is 9.95. The van der Waals surface area contributed by atoms with Crippen molar-refractivity contribution in [2.45, 2.75) is 70.5 Å². The van der Waals surface area contributed by atoms with Gasteiger partial charge in [0.25, 0.3) is 11.8 Å². The van der Waals surface area contributed by atoms with E-state index in [4.69, 9.17) is 0 Å². The van der Waals surface area contributed by atoms with E-state index in [0.717, 1.165) is 62.7 Å². The molecule has 2 N–H and O–H groups in total. The number of imidazole rings is 1. The lowest BCUT2D eigenvalue weighted by Crippen LogP contribution is -2.37. The summed E-state index contributed by atoms with van der Waals surface area (Å²) in [7, 11) is 0. The van der Waals surface area contributed by atoms with Crippen LogP contribution in [0.4, 0.5) is 0 Å². The van der Waals surface area contributed by atoms with Gasteiger partial charge in [0.15, 0.2) is 5.82 Å². The van der Waals surface area contributed by atoms with Crippen LogP contribution in [0.3, 0.4) is 0 Å². The number of carbonyl (C=O) groups excluding carboxylic acids is 2. The minimum Gasteiger partial charge on any atom is -0.348 e. The molecule has 2 aromatic heterocycles. The van der Waals surface area contributed by atoms with E-state index in [0.29, 0.717) is 18.1 Å². The summed E-state index contributed by atoms with van der Waals surface area (Å²) in [4.78, 5) is 34.1. The van der Waals surface area contributed by atoms with Crippen molar-refractivity contribution in [3.8, 4) is 0 Å². The quantitative estimate of drug-likeness (QED) is 0.833. The van der Waals surface area contributed by atoms with Crippen molar-refractivity contribution in [3.05, 3.63) is 47.3 Å². The second kappa shape index (κ2) is 8.54. The molecule has 1 fully saturated rings. The summed E-state index contributed by atoms with van der Waals surface area (Å²) in [5.74, 6) is -0.0278. The van der Waals surface area contributed by atoms with Crippen molar-refractivity contribution in [2.24, 2.45) is 0 Å². The summed E-state index contributed by atoms with van der Waals surface area (Å²) < 4.78 is 1.93. The predicted octanol–water partition coefficient (Wildman–Crippen LogP) is 2.61. The van der Waals surface area contributed by atoms with E-state index in [2.05, 4.69) is 20.6 Å². The Labute approximate surface area is 165 Å². The monoisotopic (exact) mass is 381 g/mol. The number of hydrogen-bond acceptors (Lipinski definition) is 4.